The second kappa shape index (κ2) is 16.0. The van der Waals surface area contributed by atoms with Crippen LogP contribution in [0.5, 0.6) is 23.0 Å². The van der Waals surface area contributed by atoms with Crippen LogP contribution < -0.4 is 46.6 Å². The summed E-state index contributed by atoms with van der Waals surface area (Å²) in [6.45, 7) is -0.142. The molecule has 0 fully saturated rings. The fourth-order valence-electron chi connectivity index (χ4n) is 12.5. The highest BCUT2D eigenvalue weighted by Gasteiger charge is 2.44. The van der Waals surface area contributed by atoms with E-state index in [0.29, 0.717) is 0 Å². The van der Waals surface area contributed by atoms with Crippen LogP contribution in [0.3, 0.4) is 0 Å². The molecule has 4 nitrogen and oxygen atoms in total. The van der Waals surface area contributed by atoms with Gasteiger partial charge < -0.3 is 18.6 Å². The van der Waals surface area contributed by atoms with Crippen LogP contribution in [-0.2, 0) is 0 Å². The summed E-state index contributed by atoms with van der Waals surface area (Å²) in [5.41, 5.74) is 12.4. The largest absolute Gasteiger partial charge is 0.458 e. The van der Waals surface area contributed by atoms with Crippen molar-refractivity contribution in [3.63, 3.8) is 0 Å². The molecular weight excluding hydrogens is 892 g/mol. The van der Waals surface area contributed by atoms with Crippen molar-refractivity contribution in [3.8, 4) is 45.5 Å². The topological polar surface area (TPSA) is 28.3 Å². The molecule has 2 aromatic heterocycles. The fraction of sp³-hybridized carbons (Fsp3) is 0. The molecule has 0 N–H and O–H groups in total. The molecule has 13 aromatic rings. The minimum atomic E-state index is -2.91. The van der Waals surface area contributed by atoms with Crippen LogP contribution in [0.15, 0.2) is 261 Å². The van der Waals surface area contributed by atoms with Gasteiger partial charge in [-0.2, -0.15) is 0 Å². The Balaban J connectivity index is 1.05. The normalized spacial score (nSPS) is 12.6. The third-order valence-corrected chi connectivity index (χ3v) is 20.1. The lowest BCUT2D eigenvalue weighted by atomic mass is 9.34. The van der Waals surface area contributed by atoms with Gasteiger partial charge >= 0.3 is 0 Å². The Morgan fingerprint density at radius 2 is 0.875 bits per heavy atom. The first-order chi connectivity index (χ1) is 35.7. The van der Waals surface area contributed by atoms with Crippen molar-refractivity contribution in [2.45, 2.75) is 0 Å². The second-order valence-corrected chi connectivity index (χ2v) is 22.9. The third kappa shape index (κ3) is 5.87. The molecule has 0 amide bonds. The van der Waals surface area contributed by atoms with Crippen molar-refractivity contribution >= 4 is 95.5 Å². The van der Waals surface area contributed by atoms with Crippen LogP contribution >= 0.6 is 0 Å². The number of nitrogens with zero attached hydrogens (tertiary/aromatic N) is 2. The molecule has 11 aromatic carbocycles. The first-order valence-electron chi connectivity index (χ1n) is 24.8. The van der Waals surface area contributed by atoms with Crippen LogP contribution in [0.1, 0.15) is 0 Å². The molecule has 2 aliphatic rings. The lowest BCUT2D eigenvalue weighted by molar-refractivity contribution is 0.464. The van der Waals surface area contributed by atoms with E-state index < -0.39 is 8.07 Å². The Bertz CT molecular complexity index is 4190. The Morgan fingerprint density at radius 3 is 1.57 bits per heavy atom. The fourth-order valence-corrected chi connectivity index (χ4v) is 17.3. The van der Waals surface area contributed by atoms with E-state index in [1.165, 1.54) is 53.3 Å². The Hall–Kier alpha value is -9.10. The van der Waals surface area contributed by atoms with E-state index in [0.717, 1.165) is 72.9 Å². The Morgan fingerprint density at radius 1 is 0.333 bits per heavy atom. The van der Waals surface area contributed by atoms with Gasteiger partial charge in [0.05, 0.1) is 27.8 Å². The Kier molecular flexibility index (Phi) is 9.04. The summed E-state index contributed by atoms with van der Waals surface area (Å²) in [6, 6.07) is 95.7. The maximum absolute atomic E-state index is 7.27. The molecule has 6 heteroatoms. The van der Waals surface area contributed by atoms with Gasteiger partial charge in [-0.25, -0.2) is 0 Å². The maximum Gasteiger partial charge on any atom is 0.261 e. The monoisotopic (exact) mass is 934 g/mol. The molecule has 72 heavy (non-hydrogen) atoms. The summed E-state index contributed by atoms with van der Waals surface area (Å²) >= 11 is 0. The lowest BCUT2D eigenvalue weighted by Crippen LogP contribution is -2.74. The minimum absolute atomic E-state index is 0.142. The molecule has 336 valence electrons. The van der Waals surface area contributed by atoms with E-state index >= 15 is 0 Å². The molecule has 0 unspecified atom stereocenters. The van der Waals surface area contributed by atoms with Gasteiger partial charge in [0.2, 0.25) is 0 Å². The van der Waals surface area contributed by atoms with E-state index in [9.17, 15) is 0 Å². The zero-order valence-electron chi connectivity index (χ0n) is 39.1. The van der Waals surface area contributed by atoms with Crippen molar-refractivity contribution < 1.29 is 9.47 Å². The van der Waals surface area contributed by atoms with E-state index in [4.69, 9.17) is 9.47 Å². The predicted octanol–water partition coefficient (Wildman–Crippen LogP) is 11.7. The zero-order valence-corrected chi connectivity index (χ0v) is 40.1. The highest BCUT2D eigenvalue weighted by atomic mass is 28.3. The van der Waals surface area contributed by atoms with Crippen molar-refractivity contribution in [3.05, 3.63) is 261 Å². The van der Waals surface area contributed by atoms with E-state index in [1.807, 2.05) is 6.07 Å². The van der Waals surface area contributed by atoms with Crippen LogP contribution in [0.2, 0.25) is 0 Å². The summed E-state index contributed by atoms with van der Waals surface area (Å²) in [5.74, 6) is 3.35. The zero-order chi connectivity index (χ0) is 47.3. The van der Waals surface area contributed by atoms with Crippen molar-refractivity contribution in [1.29, 1.82) is 0 Å². The quantitative estimate of drug-likeness (QED) is 0.118. The number of ether oxygens (including phenoxy) is 2. The van der Waals surface area contributed by atoms with Crippen molar-refractivity contribution in [2.24, 2.45) is 0 Å². The predicted molar refractivity (Wildman–Crippen MR) is 302 cm³/mol. The third-order valence-electron chi connectivity index (χ3n) is 15.4. The number of aromatic nitrogens is 2. The summed E-state index contributed by atoms with van der Waals surface area (Å²) in [5, 5.41) is 10.2. The molecule has 15 rings (SSSR count). The number of fused-ring (bicyclic) bond motifs is 11. The summed E-state index contributed by atoms with van der Waals surface area (Å²) in [6.07, 6.45) is 0. The molecule has 0 bridgehead atoms. The molecule has 0 saturated carbocycles. The number of hydrogen-bond acceptors (Lipinski definition) is 2. The van der Waals surface area contributed by atoms with Gasteiger partial charge in [0.1, 0.15) is 23.0 Å². The van der Waals surface area contributed by atoms with Gasteiger partial charge in [-0.1, -0.05) is 200 Å². The first kappa shape index (κ1) is 40.8. The average molecular weight is 935 g/mol. The van der Waals surface area contributed by atoms with E-state index in [-0.39, 0.29) is 6.71 Å². The van der Waals surface area contributed by atoms with Crippen LogP contribution in [0.4, 0.5) is 0 Å². The highest BCUT2D eigenvalue weighted by Crippen LogP contribution is 2.44. The van der Waals surface area contributed by atoms with Crippen molar-refractivity contribution in [1.82, 2.24) is 9.13 Å². The molecule has 0 aliphatic carbocycles. The summed E-state index contributed by atoms with van der Waals surface area (Å²) in [7, 11) is -2.91. The molecule has 0 atom stereocenters. The smallest absolute Gasteiger partial charge is 0.261 e. The maximum atomic E-state index is 7.27. The number of benzene rings is 11. The van der Waals surface area contributed by atoms with Crippen molar-refractivity contribution in [2.75, 3.05) is 0 Å². The lowest BCUT2D eigenvalue weighted by Gasteiger charge is -2.36. The van der Waals surface area contributed by atoms with Crippen LogP contribution in [0.25, 0.3) is 66.1 Å². The molecular formula is C66H43BN2O2Si. The van der Waals surface area contributed by atoms with Gasteiger partial charge in [0.15, 0.2) is 8.07 Å². The SMILES string of the molecule is c1ccc(-n2c3ccccc3c3ccc4c(c5ccccc5n4-c4cc5c(c(-c6cccc([Si](c7ccccc7)(c7ccccc7)c7ccccc7)c6)c4)B4c6ccccc6Oc6cccc(c64)O5)c32)cc1. The highest BCUT2D eigenvalue weighted by molar-refractivity contribution is 7.20. The van der Waals surface area contributed by atoms with Gasteiger partial charge in [-0.3, -0.25) is 0 Å². The van der Waals surface area contributed by atoms with Gasteiger partial charge in [-0.05, 0) is 97.4 Å². The molecule has 4 heterocycles. The molecule has 0 spiro atoms. The molecule has 2 aliphatic heterocycles. The second-order valence-electron chi connectivity index (χ2n) is 19.1. The van der Waals surface area contributed by atoms with Gasteiger partial charge in [0.25, 0.3) is 6.71 Å². The number of para-hydroxylation sites is 4. The van der Waals surface area contributed by atoms with E-state index in [1.54, 1.807) is 0 Å². The molecule has 0 saturated heterocycles. The summed E-state index contributed by atoms with van der Waals surface area (Å²) < 4.78 is 18.9. The average Bonchev–Trinajstić information content (AvgIpc) is 3.97. The summed E-state index contributed by atoms with van der Waals surface area (Å²) in [4.78, 5) is 0. The van der Waals surface area contributed by atoms with Crippen LogP contribution in [0, 0.1) is 0 Å². The van der Waals surface area contributed by atoms with Crippen LogP contribution in [-0.4, -0.2) is 23.9 Å². The molecule has 0 radical (unpaired) electrons. The van der Waals surface area contributed by atoms with E-state index in [2.05, 4.69) is 264 Å². The standard InChI is InChI=1S/C66H43BN2O2Si/c1-5-22-45(23-6-1)69-56-34-16-13-31-51(56)52-39-40-58-63(66(52)69)53-32-14-17-35-57(53)68(58)46-42-54(64-62(43-46)71-61-38-20-37-60-65(61)67(64)55-33-15-18-36-59(55)70-60)44-21-19-30-50(41-44)72(47-24-7-2-8-25-47,48-26-9-3-10-27-48)49-28-11-4-12-29-49/h1-43H. The Labute approximate surface area is 418 Å². The first-order valence-corrected chi connectivity index (χ1v) is 26.8. The number of rotatable bonds is 7. The minimum Gasteiger partial charge on any atom is -0.458 e. The number of hydrogen-bond donors (Lipinski definition) is 0. The van der Waals surface area contributed by atoms with Gasteiger partial charge in [0, 0.05) is 38.8 Å². The van der Waals surface area contributed by atoms with Gasteiger partial charge in [-0.15, -0.1) is 0 Å².